The van der Waals surface area contributed by atoms with Crippen molar-refractivity contribution in [1.29, 1.82) is 0 Å². The number of hydrogen-bond acceptors (Lipinski definition) is 6. The van der Waals surface area contributed by atoms with E-state index in [1.165, 1.54) is 0 Å². The van der Waals surface area contributed by atoms with E-state index < -0.39 is 11.2 Å². The fourth-order valence-electron chi connectivity index (χ4n) is 4.50. The number of amides is 1. The lowest BCUT2D eigenvalue weighted by atomic mass is 9.68. The molecule has 0 aromatic carbocycles. The van der Waals surface area contributed by atoms with Gasteiger partial charge in [-0.1, -0.05) is 0 Å². The molecule has 2 aliphatic rings. The Labute approximate surface area is 180 Å². The molecule has 0 saturated heterocycles. The van der Waals surface area contributed by atoms with E-state index in [1.54, 1.807) is 26.2 Å². The van der Waals surface area contributed by atoms with Crippen LogP contribution in [0.25, 0.3) is 16.8 Å². The van der Waals surface area contributed by atoms with Gasteiger partial charge in [-0.05, 0) is 33.8 Å². The lowest BCUT2D eigenvalue weighted by molar-refractivity contribution is -0.444. The summed E-state index contributed by atoms with van der Waals surface area (Å²) in [6, 6.07) is 1.89. The van der Waals surface area contributed by atoms with Crippen molar-refractivity contribution < 1.29 is 18.8 Å². The number of nitrogens with zero attached hydrogens (tertiary/aromatic N) is 6. The van der Waals surface area contributed by atoms with Gasteiger partial charge in [-0.25, -0.2) is 9.50 Å². The minimum absolute atomic E-state index is 0.159. The fraction of sp³-hybridized carbons (Fsp3) is 0.500. The standard InChI is InChI=1S/C22H27N6O3/c1-21(2,3)31-20(29)27-9-7-15-18(27)10-22(15,4)30-19-17-6-8-23-28(17)13-16(25-19)14-11-24-26(5)12-14/h6,8,11-13,15H,7,9-10H2,1-5H3/q+1/t15-,22+/m1/s1. The Hall–Kier alpha value is -3.23. The van der Waals surface area contributed by atoms with Gasteiger partial charge in [0.2, 0.25) is 5.88 Å². The zero-order chi connectivity index (χ0) is 22.0. The summed E-state index contributed by atoms with van der Waals surface area (Å²) in [5.74, 6) is 0.697. The summed E-state index contributed by atoms with van der Waals surface area (Å²) in [6.45, 7) is 8.39. The highest BCUT2D eigenvalue weighted by Crippen LogP contribution is 2.45. The SMILES string of the molecule is Cn1cc(-c2cn3nccc3c(O[C@@]3(C)CC4=[N+](C(=O)OC(C)(C)C)CC[C@H]43)n2)cn1. The second kappa shape index (κ2) is 6.63. The Balaban J connectivity index is 1.43. The molecule has 4 heterocycles. The number of rotatable bonds is 3. The minimum Gasteiger partial charge on any atom is -0.468 e. The normalized spacial score (nSPS) is 23.1. The van der Waals surface area contributed by atoms with Crippen LogP contribution in [0.15, 0.2) is 30.9 Å². The molecule has 162 valence electrons. The molecule has 1 aliphatic carbocycles. The number of ether oxygens (including phenoxy) is 2. The lowest BCUT2D eigenvalue weighted by Crippen LogP contribution is -2.56. The maximum Gasteiger partial charge on any atom is 0.596 e. The molecule has 0 spiro atoms. The van der Waals surface area contributed by atoms with Crippen LogP contribution in [0.5, 0.6) is 5.88 Å². The summed E-state index contributed by atoms with van der Waals surface area (Å²) < 4.78 is 17.4. The van der Waals surface area contributed by atoms with E-state index >= 15 is 0 Å². The van der Waals surface area contributed by atoms with Crippen LogP contribution in [0, 0.1) is 5.92 Å². The van der Waals surface area contributed by atoms with Crippen molar-refractivity contribution in [1.82, 2.24) is 24.4 Å². The van der Waals surface area contributed by atoms with Crippen molar-refractivity contribution in [2.75, 3.05) is 6.54 Å². The summed E-state index contributed by atoms with van der Waals surface area (Å²) >= 11 is 0. The van der Waals surface area contributed by atoms with Gasteiger partial charge in [-0.2, -0.15) is 15.0 Å². The summed E-state index contributed by atoms with van der Waals surface area (Å²) in [4.78, 5) is 17.4. The Bertz CT molecular complexity index is 1220. The van der Waals surface area contributed by atoms with E-state index in [0.29, 0.717) is 18.8 Å². The number of carbonyl (C=O) groups excluding carboxylic acids is 1. The van der Waals surface area contributed by atoms with E-state index in [1.807, 2.05) is 46.3 Å². The Kier molecular flexibility index (Phi) is 4.22. The molecule has 1 saturated carbocycles. The maximum atomic E-state index is 12.6. The highest BCUT2D eigenvalue weighted by Gasteiger charge is 2.60. The number of fused-ring (bicyclic) bond motifs is 2. The molecule has 1 amide bonds. The van der Waals surface area contributed by atoms with E-state index in [0.717, 1.165) is 28.9 Å². The third-order valence-corrected chi connectivity index (χ3v) is 5.96. The van der Waals surface area contributed by atoms with Gasteiger partial charge in [0.1, 0.15) is 16.7 Å². The fourth-order valence-corrected chi connectivity index (χ4v) is 4.50. The van der Waals surface area contributed by atoms with Crippen LogP contribution in [0.1, 0.15) is 40.5 Å². The molecule has 1 aliphatic heterocycles. The summed E-state index contributed by atoms with van der Waals surface area (Å²) in [5.41, 5.74) is 2.59. The van der Waals surface area contributed by atoms with Crippen LogP contribution in [0.3, 0.4) is 0 Å². The molecular formula is C22H27N6O3+. The van der Waals surface area contributed by atoms with Gasteiger partial charge in [0, 0.05) is 25.2 Å². The largest absolute Gasteiger partial charge is 0.596 e. The predicted octanol–water partition coefficient (Wildman–Crippen LogP) is 3.08. The summed E-state index contributed by atoms with van der Waals surface area (Å²) in [7, 11) is 1.87. The van der Waals surface area contributed by atoms with Gasteiger partial charge in [-0.15, -0.1) is 4.58 Å². The van der Waals surface area contributed by atoms with Crippen LogP contribution in [-0.2, 0) is 11.8 Å². The highest BCUT2D eigenvalue weighted by molar-refractivity contribution is 5.94. The third kappa shape index (κ3) is 3.37. The van der Waals surface area contributed by atoms with E-state index in [-0.39, 0.29) is 12.0 Å². The van der Waals surface area contributed by atoms with E-state index in [2.05, 4.69) is 17.1 Å². The topological polar surface area (TPSA) is 86.5 Å². The third-order valence-electron chi connectivity index (χ3n) is 5.96. The summed E-state index contributed by atoms with van der Waals surface area (Å²) in [6.07, 6.45) is 8.53. The maximum absolute atomic E-state index is 12.6. The molecule has 0 bridgehead atoms. The molecular weight excluding hydrogens is 396 g/mol. The van der Waals surface area contributed by atoms with Crippen molar-refractivity contribution in [2.24, 2.45) is 13.0 Å². The Morgan fingerprint density at radius 1 is 1.29 bits per heavy atom. The van der Waals surface area contributed by atoms with E-state index in [4.69, 9.17) is 14.5 Å². The molecule has 2 atom stereocenters. The van der Waals surface area contributed by atoms with Gasteiger partial charge in [0.05, 0.1) is 36.6 Å². The Morgan fingerprint density at radius 3 is 2.81 bits per heavy atom. The molecule has 3 aromatic rings. The van der Waals surface area contributed by atoms with Crippen LogP contribution >= 0.6 is 0 Å². The number of hydrogen-bond donors (Lipinski definition) is 0. The van der Waals surface area contributed by atoms with Crippen molar-refractivity contribution in [3.8, 4) is 17.1 Å². The molecule has 31 heavy (non-hydrogen) atoms. The first-order chi connectivity index (χ1) is 14.6. The van der Waals surface area contributed by atoms with Crippen LogP contribution in [0.4, 0.5) is 4.79 Å². The monoisotopic (exact) mass is 423 g/mol. The zero-order valence-corrected chi connectivity index (χ0v) is 18.5. The van der Waals surface area contributed by atoms with Crippen LogP contribution in [-0.4, -0.2) is 58.5 Å². The van der Waals surface area contributed by atoms with Crippen molar-refractivity contribution in [3.63, 3.8) is 0 Å². The van der Waals surface area contributed by atoms with Crippen molar-refractivity contribution in [2.45, 2.75) is 51.7 Å². The van der Waals surface area contributed by atoms with Crippen LogP contribution < -0.4 is 4.74 Å². The lowest BCUT2D eigenvalue weighted by Gasteiger charge is -2.41. The van der Waals surface area contributed by atoms with Crippen molar-refractivity contribution in [3.05, 3.63) is 30.9 Å². The van der Waals surface area contributed by atoms with Gasteiger partial charge < -0.3 is 9.47 Å². The molecule has 0 N–H and O–H groups in total. The first kappa shape index (κ1) is 19.7. The van der Waals surface area contributed by atoms with Gasteiger partial charge in [0.15, 0.2) is 12.3 Å². The molecule has 0 unspecified atom stereocenters. The quantitative estimate of drug-likeness (QED) is 0.602. The second-order valence-corrected chi connectivity index (χ2v) is 9.55. The molecule has 1 fully saturated rings. The summed E-state index contributed by atoms with van der Waals surface area (Å²) in [5, 5.41) is 8.62. The first-order valence-electron chi connectivity index (χ1n) is 10.5. The molecule has 5 rings (SSSR count). The Morgan fingerprint density at radius 2 is 2.10 bits per heavy atom. The minimum atomic E-state index is -0.510. The molecule has 9 heteroatoms. The molecule has 3 aromatic heterocycles. The smallest absolute Gasteiger partial charge is 0.468 e. The predicted molar refractivity (Wildman–Crippen MR) is 113 cm³/mol. The first-order valence-corrected chi connectivity index (χ1v) is 10.5. The number of aromatic nitrogens is 5. The van der Waals surface area contributed by atoms with Crippen LogP contribution in [0.2, 0.25) is 0 Å². The molecule has 0 radical (unpaired) electrons. The highest BCUT2D eigenvalue weighted by atomic mass is 16.6. The number of carbonyl (C=O) groups is 1. The zero-order valence-electron chi connectivity index (χ0n) is 18.5. The van der Waals surface area contributed by atoms with Gasteiger partial charge in [-0.3, -0.25) is 4.68 Å². The second-order valence-electron chi connectivity index (χ2n) is 9.55. The van der Waals surface area contributed by atoms with Gasteiger partial charge in [0.25, 0.3) is 0 Å². The average Bonchev–Trinajstić information content (AvgIpc) is 3.38. The average molecular weight is 423 g/mol. The van der Waals surface area contributed by atoms with E-state index in [9.17, 15) is 4.79 Å². The van der Waals surface area contributed by atoms with Gasteiger partial charge >= 0.3 is 6.09 Å². The van der Waals surface area contributed by atoms with Crippen molar-refractivity contribution >= 4 is 17.3 Å². The molecule has 9 nitrogen and oxygen atoms in total. The number of aryl methyl sites for hydroxylation is 1.